The molecule has 1 heterocycles. The van der Waals surface area contributed by atoms with E-state index in [1.807, 2.05) is 38.1 Å². The first-order chi connectivity index (χ1) is 9.42. The first-order valence-corrected chi connectivity index (χ1v) is 8.56. The average Bonchev–Trinajstić information content (AvgIpc) is 2.88. The van der Waals surface area contributed by atoms with Gasteiger partial charge in [-0.1, -0.05) is 29.8 Å². The van der Waals surface area contributed by atoms with E-state index in [1.54, 1.807) is 0 Å². The number of nitrogens with one attached hydrogen (secondary N) is 1. The molecule has 1 unspecified atom stereocenters. The number of thiophene rings is 1. The number of aliphatic hydroxyl groups is 1. The molecule has 2 rings (SSSR count). The molecule has 1 aromatic heterocycles. The Balaban J connectivity index is 2.17. The van der Waals surface area contributed by atoms with Gasteiger partial charge in [0.05, 0.1) is 11.5 Å². The molecular formula is C14H17NO3S2. The fourth-order valence-corrected chi connectivity index (χ4v) is 4.17. The largest absolute Gasteiger partial charge is 0.391 e. The third-order valence-corrected chi connectivity index (χ3v) is 5.60. The summed E-state index contributed by atoms with van der Waals surface area (Å²) in [6.45, 7) is 3.65. The topological polar surface area (TPSA) is 66.4 Å². The molecule has 0 aliphatic heterocycles. The van der Waals surface area contributed by atoms with Gasteiger partial charge in [-0.3, -0.25) is 0 Å². The van der Waals surface area contributed by atoms with Crippen LogP contribution in [-0.2, 0) is 16.6 Å². The molecule has 6 heteroatoms. The first-order valence-electron chi connectivity index (χ1n) is 6.19. The van der Waals surface area contributed by atoms with Gasteiger partial charge in [0.2, 0.25) is 10.0 Å². The van der Waals surface area contributed by atoms with Gasteiger partial charge in [0, 0.05) is 16.3 Å². The fraction of sp³-hybridized carbons (Fsp3) is 0.286. The molecule has 0 saturated carbocycles. The molecule has 4 nitrogen and oxygen atoms in total. The monoisotopic (exact) mass is 311 g/mol. The standard InChI is InChI=1S/C14H17NO3S2/c1-10-3-5-12(6-4-10)11(2)15-20(17,18)14-7-13(8-16)19-9-14/h3-7,9,11,15-16H,8H2,1-2H3. The number of aryl methyl sites for hydroxylation is 1. The van der Waals surface area contributed by atoms with Crippen molar-refractivity contribution in [1.29, 1.82) is 0 Å². The summed E-state index contributed by atoms with van der Waals surface area (Å²) in [6, 6.07) is 8.92. The van der Waals surface area contributed by atoms with Gasteiger partial charge in [-0.25, -0.2) is 13.1 Å². The second-order valence-corrected chi connectivity index (χ2v) is 7.37. The number of hydrogen-bond donors (Lipinski definition) is 2. The molecule has 0 spiro atoms. The van der Waals surface area contributed by atoms with E-state index in [1.165, 1.54) is 22.8 Å². The molecule has 0 radical (unpaired) electrons. The molecule has 0 amide bonds. The van der Waals surface area contributed by atoms with E-state index >= 15 is 0 Å². The SMILES string of the molecule is Cc1ccc(C(C)NS(=O)(=O)c2csc(CO)c2)cc1. The molecule has 1 aromatic carbocycles. The smallest absolute Gasteiger partial charge is 0.241 e. The second kappa shape index (κ2) is 6.05. The van der Waals surface area contributed by atoms with Crippen molar-refractivity contribution in [3.8, 4) is 0 Å². The van der Waals surface area contributed by atoms with Crippen LogP contribution in [0.5, 0.6) is 0 Å². The van der Waals surface area contributed by atoms with E-state index in [-0.39, 0.29) is 17.5 Å². The van der Waals surface area contributed by atoms with Crippen LogP contribution in [0, 0.1) is 6.92 Å². The van der Waals surface area contributed by atoms with E-state index in [2.05, 4.69) is 4.72 Å². The number of sulfonamides is 1. The van der Waals surface area contributed by atoms with E-state index in [4.69, 9.17) is 5.11 Å². The Morgan fingerprint density at radius 1 is 1.30 bits per heavy atom. The minimum absolute atomic E-state index is 0.145. The lowest BCUT2D eigenvalue weighted by atomic mass is 10.1. The quantitative estimate of drug-likeness (QED) is 0.892. The van der Waals surface area contributed by atoms with Gasteiger partial charge in [-0.2, -0.15) is 0 Å². The van der Waals surface area contributed by atoms with Crippen LogP contribution in [0.2, 0.25) is 0 Å². The van der Waals surface area contributed by atoms with Crippen molar-refractivity contribution in [1.82, 2.24) is 4.72 Å². The Morgan fingerprint density at radius 2 is 1.95 bits per heavy atom. The number of hydrogen-bond acceptors (Lipinski definition) is 4. The van der Waals surface area contributed by atoms with Crippen molar-refractivity contribution in [2.45, 2.75) is 31.4 Å². The molecule has 108 valence electrons. The van der Waals surface area contributed by atoms with Crippen LogP contribution >= 0.6 is 11.3 Å². The lowest BCUT2D eigenvalue weighted by molar-refractivity contribution is 0.285. The maximum Gasteiger partial charge on any atom is 0.241 e. The lowest BCUT2D eigenvalue weighted by Crippen LogP contribution is -2.26. The van der Waals surface area contributed by atoms with E-state index in [0.29, 0.717) is 4.88 Å². The zero-order valence-electron chi connectivity index (χ0n) is 11.3. The predicted octanol–water partition coefficient (Wildman–Crippen LogP) is 2.59. The summed E-state index contributed by atoms with van der Waals surface area (Å²) in [6.07, 6.45) is 0. The Bertz CT molecular complexity index is 675. The van der Waals surface area contributed by atoms with Crippen molar-refractivity contribution >= 4 is 21.4 Å². The van der Waals surface area contributed by atoms with E-state index in [0.717, 1.165) is 11.1 Å². The van der Waals surface area contributed by atoms with Crippen LogP contribution in [0.25, 0.3) is 0 Å². The minimum atomic E-state index is -3.56. The van der Waals surface area contributed by atoms with Gasteiger partial charge in [0.1, 0.15) is 0 Å². The van der Waals surface area contributed by atoms with Crippen LogP contribution in [0.3, 0.4) is 0 Å². The summed E-state index contributed by atoms with van der Waals surface area (Å²) < 4.78 is 27.1. The second-order valence-electron chi connectivity index (χ2n) is 4.66. The summed E-state index contributed by atoms with van der Waals surface area (Å²) in [5.41, 5.74) is 2.05. The molecular weight excluding hydrogens is 294 g/mol. The van der Waals surface area contributed by atoms with Crippen molar-refractivity contribution in [3.63, 3.8) is 0 Å². The molecule has 0 bridgehead atoms. The van der Waals surface area contributed by atoms with Gasteiger partial charge >= 0.3 is 0 Å². The third kappa shape index (κ3) is 3.46. The van der Waals surface area contributed by atoms with Crippen LogP contribution in [0.4, 0.5) is 0 Å². The predicted molar refractivity (Wildman–Crippen MR) is 80.2 cm³/mol. The van der Waals surface area contributed by atoms with Gasteiger partial charge < -0.3 is 5.11 Å². The summed E-state index contributed by atoms with van der Waals surface area (Å²) in [5, 5.41) is 10.5. The van der Waals surface area contributed by atoms with Crippen LogP contribution in [-0.4, -0.2) is 13.5 Å². The molecule has 0 saturated heterocycles. The van der Waals surface area contributed by atoms with Crippen molar-refractivity contribution in [3.05, 3.63) is 51.7 Å². The molecule has 1 atom stereocenters. The molecule has 0 fully saturated rings. The molecule has 2 N–H and O–H groups in total. The highest BCUT2D eigenvalue weighted by molar-refractivity contribution is 7.89. The van der Waals surface area contributed by atoms with Crippen molar-refractivity contribution < 1.29 is 13.5 Å². The zero-order chi connectivity index (χ0) is 14.8. The fourth-order valence-electron chi connectivity index (χ4n) is 1.81. The van der Waals surface area contributed by atoms with E-state index in [9.17, 15) is 8.42 Å². The highest BCUT2D eigenvalue weighted by atomic mass is 32.2. The zero-order valence-corrected chi connectivity index (χ0v) is 13.0. The van der Waals surface area contributed by atoms with Gasteiger partial charge in [0.25, 0.3) is 0 Å². The average molecular weight is 311 g/mol. The summed E-state index contributed by atoms with van der Waals surface area (Å²) in [5.74, 6) is 0. The van der Waals surface area contributed by atoms with Crippen LogP contribution < -0.4 is 4.72 Å². The Labute approximate surface area is 123 Å². The minimum Gasteiger partial charge on any atom is -0.391 e. The van der Waals surface area contributed by atoms with Crippen molar-refractivity contribution in [2.24, 2.45) is 0 Å². The Hall–Kier alpha value is -1.21. The molecule has 0 aliphatic carbocycles. The van der Waals surface area contributed by atoms with Gasteiger partial charge in [-0.05, 0) is 25.5 Å². The maximum absolute atomic E-state index is 12.2. The van der Waals surface area contributed by atoms with Gasteiger partial charge in [0.15, 0.2) is 0 Å². The van der Waals surface area contributed by atoms with Gasteiger partial charge in [-0.15, -0.1) is 11.3 Å². The molecule has 0 aliphatic rings. The van der Waals surface area contributed by atoms with Crippen LogP contribution in [0.15, 0.2) is 40.6 Å². The molecule has 2 aromatic rings. The highest BCUT2D eigenvalue weighted by Crippen LogP contribution is 2.22. The highest BCUT2D eigenvalue weighted by Gasteiger charge is 2.19. The van der Waals surface area contributed by atoms with E-state index < -0.39 is 10.0 Å². The normalized spacial score (nSPS) is 13.3. The summed E-state index contributed by atoms with van der Waals surface area (Å²) in [4.78, 5) is 0.832. The number of benzene rings is 1. The maximum atomic E-state index is 12.2. The summed E-state index contributed by atoms with van der Waals surface area (Å²) in [7, 11) is -3.56. The Morgan fingerprint density at radius 3 is 2.50 bits per heavy atom. The third-order valence-electron chi connectivity index (χ3n) is 3.01. The number of aliphatic hydroxyl groups excluding tert-OH is 1. The molecule has 20 heavy (non-hydrogen) atoms. The number of rotatable bonds is 5. The Kier molecular flexibility index (Phi) is 4.59. The summed E-state index contributed by atoms with van der Waals surface area (Å²) >= 11 is 1.23. The first kappa shape index (κ1) is 15.2. The lowest BCUT2D eigenvalue weighted by Gasteiger charge is -2.14. The van der Waals surface area contributed by atoms with Crippen LogP contribution in [0.1, 0.15) is 29.0 Å². The van der Waals surface area contributed by atoms with Crippen molar-refractivity contribution in [2.75, 3.05) is 0 Å².